The summed E-state index contributed by atoms with van der Waals surface area (Å²) in [4.78, 5) is 18.1. The summed E-state index contributed by atoms with van der Waals surface area (Å²) in [5, 5.41) is 3.45. The molecule has 1 aromatic heterocycles. The summed E-state index contributed by atoms with van der Waals surface area (Å²) in [5.41, 5.74) is 1.90. The third-order valence-electron chi connectivity index (χ3n) is 3.29. The van der Waals surface area contributed by atoms with Crippen LogP contribution in [-0.4, -0.2) is 29.5 Å². The zero-order chi connectivity index (χ0) is 15.9. The summed E-state index contributed by atoms with van der Waals surface area (Å²) < 4.78 is 0. The maximum absolute atomic E-state index is 12.3. The van der Waals surface area contributed by atoms with Gasteiger partial charge in [-0.25, -0.2) is 4.79 Å². The molecule has 0 spiro atoms. The van der Waals surface area contributed by atoms with E-state index < -0.39 is 0 Å². The first-order chi connectivity index (χ1) is 10.6. The Morgan fingerprint density at radius 3 is 2.68 bits per heavy atom. The third kappa shape index (κ3) is 3.86. The Morgan fingerprint density at radius 2 is 2.09 bits per heavy atom. The average molecular weight is 316 g/mol. The number of hydrogen-bond donors (Lipinski definition) is 1. The monoisotopic (exact) mass is 315 g/mol. The molecule has 0 bridgehead atoms. The smallest absolute Gasteiger partial charge is 0.318 e. The first-order valence-corrected chi connectivity index (χ1v) is 7.28. The number of carbonyl (C=O) groups is 1. The molecule has 0 aliphatic heterocycles. The molecule has 4 nitrogen and oxygen atoms in total. The van der Waals surface area contributed by atoms with Crippen LogP contribution in [0.4, 0.5) is 4.79 Å². The van der Waals surface area contributed by atoms with Crippen molar-refractivity contribution in [1.82, 2.24) is 15.2 Å². The number of nitrogens with one attached hydrogen (secondary N) is 1. The number of halogens is 1. The number of benzene rings is 1. The highest BCUT2D eigenvalue weighted by atomic mass is 35.5. The van der Waals surface area contributed by atoms with Crippen molar-refractivity contribution in [2.24, 2.45) is 0 Å². The van der Waals surface area contributed by atoms with Crippen molar-refractivity contribution < 1.29 is 4.79 Å². The van der Waals surface area contributed by atoms with Crippen LogP contribution in [0.1, 0.15) is 17.2 Å². The van der Waals surface area contributed by atoms with E-state index >= 15 is 0 Å². The molecule has 0 radical (unpaired) electrons. The standard InChI is InChI=1S/C17H18ClN3O/c1-3-10-20-17(22)21(2)16(14-5-4-11-19-12-14)13-6-8-15(18)9-7-13/h3-9,11-12,16H,1,10H2,2H3,(H,20,22)/t16-/m1/s1. The number of pyridine rings is 1. The Labute approximate surface area is 135 Å². The molecular formula is C17H18ClN3O. The van der Waals surface area contributed by atoms with Gasteiger partial charge in [-0.3, -0.25) is 4.98 Å². The lowest BCUT2D eigenvalue weighted by molar-refractivity contribution is 0.199. The predicted octanol–water partition coefficient (Wildman–Crippen LogP) is 3.65. The summed E-state index contributed by atoms with van der Waals surface area (Å²) >= 11 is 5.96. The summed E-state index contributed by atoms with van der Waals surface area (Å²) in [7, 11) is 1.75. The second kappa shape index (κ2) is 7.61. The number of rotatable bonds is 5. The fourth-order valence-electron chi connectivity index (χ4n) is 2.22. The van der Waals surface area contributed by atoms with Crippen LogP contribution >= 0.6 is 11.6 Å². The molecule has 114 valence electrons. The molecule has 0 unspecified atom stereocenters. The van der Waals surface area contributed by atoms with Gasteiger partial charge in [-0.1, -0.05) is 35.9 Å². The van der Waals surface area contributed by atoms with Gasteiger partial charge in [0.25, 0.3) is 0 Å². The molecule has 2 amide bonds. The van der Waals surface area contributed by atoms with Gasteiger partial charge in [0.05, 0.1) is 6.04 Å². The minimum atomic E-state index is -0.240. The van der Waals surface area contributed by atoms with Crippen molar-refractivity contribution in [2.75, 3.05) is 13.6 Å². The number of nitrogens with zero attached hydrogens (tertiary/aromatic N) is 2. The second-order valence-electron chi connectivity index (χ2n) is 4.83. The Bertz CT molecular complexity index is 628. The van der Waals surface area contributed by atoms with Crippen molar-refractivity contribution in [3.05, 3.63) is 77.6 Å². The fraction of sp³-hybridized carbons (Fsp3) is 0.176. The highest BCUT2D eigenvalue weighted by Crippen LogP contribution is 2.28. The number of urea groups is 1. The first kappa shape index (κ1) is 16.0. The van der Waals surface area contributed by atoms with Gasteiger partial charge in [-0.2, -0.15) is 0 Å². The van der Waals surface area contributed by atoms with Crippen molar-refractivity contribution >= 4 is 17.6 Å². The molecule has 1 heterocycles. The minimum absolute atomic E-state index is 0.177. The normalized spacial score (nSPS) is 11.5. The minimum Gasteiger partial charge on any atom is -0.335 e. The van der Waals surface area contributed by atoms with Gasteiger partial charge >= 0.3 is 6.03 Å². The molecule has 0 fully saturated rings. The van der Waals surface area contributed by atoms with E-state index in [1.165, 1.54) is 0 Å². The van der Waals surface area contributed by atoms with Gasteiger partial charge < -0.3 is 10.2 Å². The molecule has 1 N–H and O–H groups in total. The topological polar surface area (TPSA) is 45.2 Å². The molecule has 22 heavy (non-hydrogen) atoms. The van der Waals surface area contributed by atoms with Crippen LogP contribution in [-0.2, 0) is 0 Å². The Morgan fingerprint density at radius 1 is 1.36 bits per heavy atom. The molecule has 0 aliphatic rings. The summed E-state index contributed by atoms with van der Waals surface area (Å²) in [6.07, 6.45) is 5.11. The molecule has 2 rings (SSSR count). The summed E-state index contributed by atoms with van der Waals surface area (Å²) in [5.74, 6) is 0. The molecule has 0 aliphatic carbocycles. The zero-order valence-corrected chi connectivity index (χ0v) is 13.1. The molecular weight excluding hydrogens is 298 g/mol. The highest BCUT2D eigenvalue weighted by molar-refractivity contribution is 6.30. The Balaban J connectivity index is 2.35. The Kier molecular flexibility index (Phi) is 5.55. The van der Waals surface area contributed by atoms with Crippen LogP contribution < -0.4 is 5.32 Å². The molecule has 5 heteroatoms. The molecule has 2 aromatic rings. The van der Waals surface area contributed by atoms with E-state index in [-0.39, 0.29) is 12.1 Å². The van der Waals surface area contributed by atoms with Gasteiger partial charge in [0.2, 0.25) is 0 Å². The molecule has 0 saturated heterocycles. The number of aromatic nitrogens is 1. The third-order valence-corrected chi connectivity index (χ3v) is 3.54. The van der Waals surface area contributed by atoms with Crippen molar-refractivity contribution in [3.8, 4) is 0 Å². The van der Waals surface area contributed by atoms with Gasteiger partial charge in [0.1, 0.15) is 0 Å². The fourth-order valence-corrected chi connectivity index (χ4v) is 2.35. The maximum atomic E-state index is 12.3. The lowest BCUT2D eigenvalue weighted by Gasteiger charge is -2.29. The second-order valence-corrected chi connectivity index (χ2v) is 5.26. The molecule has 0 saturated carbocycles. The van der Waals surface area contributed by atoms with E-state index in [1.54, 1.807) is 30.4 Å². The van der Waals surface area contributed by atoms with E-state index in [1.807, 2.05) is 36.4 Å². The van der Waals surface area contributed by atoms with Gasteiger partial charge in [0, 0.05) is 31.0 Å². The summed E-state index contributed by atoms with van der Waals surface area (Å²) in [6.45, 7) is 4.03. The van der Waals surface area contributed by atoms with Crippen molar-refractivity contribution in [2.45, 2.75) is 6.04 Å². The summed E-state index contributed by atoms with van der Waals surface area (Å²) in [6, 6.07) is 10.8. The highest BCUT2D eigenvalue weighted by Gasteiger charge is 2.23. The van der Waals surface area contributed by atoms with Crippen molar-refractivity contribution in [3.63, 3.8) is 0 Å². The van der Waals surface area contributed by atoms with Crippen LogP contribution in [0, 0.1) is 0 Å². The first-order valence-electron chi connectivity index (χ1n) is 6.90. The van der Waals surface area contributed by atoms with E-state index in [4.69, 9.17) is 11.6 Å². The quantitative estimate of drug-likeness (QED) is 0.856. The van der Waals surface area contributed by atoms with Crippen LogP contribution in [0.5, 0.6) is 0 Å². The lowest BCUT2D eigenvalue weighted by atomic mass is 9.99. The van der Waals surface area contributed by atoms with Crippen LogP contribution in [0.3, 0.4) is 0 Å². The number of amides is 2. The van der Waals surface area contributed by atoms with Crippen molar-refractivity contribution in [1.29, 1.82) is 0 Å². The number of hydrogen-bond acceptors (Lipinski definition) is 2. The van der Waals surface area contributed by atoms with Crippen LogP contribution in [0.2, 0.25) is 5.02 Å². The van der Waals surface area contributed by atoms with Gasteiger partial charge in [0.15, 0.2) is 0 Å². The van der Waals surface area contributed by atoms with E-state index in [0.717, 1.165) is 11.1 Å². The predicted molar refractivity (Wildman–Crippen MR) is 88.9 cm³/mol. The largest absolute Gasteiger partial charge is 0.335 e. The van der Waals surface area contributed by atoms with Gasteiger partial charge in [-0.05, 0) is 29.3 Å². The lowest BCUT2D eigenvalue weighted by Crippen LogP contribution is -2.40. The van der Waals surface area contributed by atoms with E-state index in [0.29, 0.717) is 11.6 Å². The van der Waals surface area contributed by atoms with Crippen LogP contribution in [0.25, 0.3) is 0 Å². The van der Waals surface area contributed by atoms with Gasteiger partial charge in [-0.15, -0.1) is 6.58 Å². The molecule has 1 aromatic carbocycles. The maximum Gasteiger partial charge on any atom is 0.318 e. The molecule has 1 atom stereocenters. The SMILES string of the molecule is C=CCNC(=O)N(C)[C@H](c1ccc(Cl)cc1)c1cccnc1. The van der Waals surface area contributed by atoms with E-state index in [2.05, 4.69) is 16.9 Å². The van der Waals surface area contributed by atoms with E-state index in [9.17, 15) is 4.79 Å². The number of carbonyl (C=O) groups excluding carboxylic acids is 1. The Hall–Kier alpha value is -2.33. The average Bonchev–Trinajstić information content (AvgIpc) is 2.55. The van der Waals surface area contributed by atoms with Crippen LogP contribution in [0.15, 0.2) is 61.4 Å². The zero-order valence-electron chi connectivity index (χ0n) is 12.4.